The Morgan fingerprint density at radius 1 is 1.12 bits per heavy atom. The molecule has 5 nitrogen and oxygen atoms in total. The standard InChI is InChI=1S/ClH.Fe.H3N.H2O4S/c;;;1-5(2,3)4/h1H;;1H3;(H2,1,2,3,4)/q;+2;;/p-2. The molecule has 0 atom stereocenters. The zero-order valence-corrected chi connectivity index (χ0v) is 6.45. The van der Waals surface area contributed by atoms with Crippen LogP contribution >= 0.6 is 0 Å². The van der Waals surface area contributed by atoms with Crippen molar-refractivity contribution in [3.05, 3.63) is 0 Å². The molecule has 0 spiro atoms. The van der Waals surface area contributed by atoms with Gasteiger partial charge in [0.05, 0.1) is 0 Å². The van der Waals surface area contributed by atoms with Crippen LogP contribution in [0.2, 0.25) is 0 Å². The Hall–Kier alpha value is 0.639. The van der Waals surface area contributed by atoms with Crippen LogP contribution in [0.4, 0.5) is 0 Å². The van der Waals surface area contributed by atoms with Crippen molar-refractivity contribution >= 4 is 10.4 Å². The van der Waals surface area contributed by atoms with Gasteiger partial charge in [-0.3, -0.25) is 8.42 Å². The first-order valence-corrected chi connectivity index (χ1v) is 2.00. The molecule has 0 aromatic rings. The fourth-order valence-corrected chi connectivity index (χ4v) is 0. The van der Waals surface area contributed by atoms with Crippen LogP contribution in [0.5, 0.6) is 0 Å². The molecule has 0 saturated carbocycles. The predicted octanol–water partition coefficient (Wildman–Crippen LogP) is -3.96. The van der Waals surface area contributed by atoms with E-state index < -0.39 is 10.4 Å². The van der Waals surface area contributed by atoms with Gasteiger partial charge in [0.2, 0.25) is 0 Å². The average molecular weight is 205 g/mol. The normalized spacial score (nSPS) is 7.25. The molecule has 0 rings (SSSR count). The van der Waals surface area contributed by atoms with Crippen molar-refractivity contribution in [2.24, 2.45) is 0 Å². The average Bonchev–Trinajstić information content (AvgIpc) is 0.722. The molecule has 8 heavy (non-hydrogen) atoms. The minimum absolute atomic E-state index is 0. The summed E-state index contributed by atoms with van der Waals surface area (Å²) < 4.78 is 34.1. The van der Waals surface area contributed by atoms with Crippen LogP contribution in [0.3, 0.4) is 0 Å². The van der Waals surface area contributed by atoms with Gasteiger partial charge in [-0.15, -0.1) is 0 Å². The fraction of sp³-hybridized carbons (Fsp3) is 0. The van der Waals surface area contributed by atoms with Gasteiger partial charge in [0.25, 0.3) is 0 Å². The van der Waals surface area contributed by atoms with Gasteiger partial charge in [0, 0.05) is 10.4 Å². The monoisotopic (exact) mass is 205 g/mol. The minimum atomic E-state index is -5.17. The molecule has 0 radical (unpaired) electrons. The first kappa shape index (κ1) is 23.4. The van der Waals surface area contributed by atoms with Crippen LogP contribution in [-0.4, -0.2) is 17.5 Å². The molecular formula is H4ClFeNO4S. The Balaban J connectivity index is -0.0000000267. The van der Waals surface area contributed by atoms with Crippen molar-refractivity contribution in [1.82, 2.24) is 6.15 Å². The van der Waals surface area contributed by atoms with E-state index in [1.807, 2.05) is 0 Å². The van der Waals surface area contributed by atoms with Crippen LogP contribution in [0.1, 0.15) is 0 Å². The van der Waals surface area contributed by atoms with Crippen molar-refractivity contribution < 1.29 is 47.0 Å². The van der Waals surface area contributed by atoms with Crippen molar-refractivity contribution in [3.63, 3.8) is 0 Å². The Morgan fingerprint density at radius 2 is 1.12 bits per heavy atom. The van der Waals surface area contributed by atoms with Crippen molar-refractivity contribution in [3.8, 4) is 0 Å². The number of hydrogen-bond acceptors (Lipinski definition) is 4. The number of quaternary nitrogens is 1. The Kier molecular flexibility index (Phi) is 22.4. The van der Waals surface area contributed by atoms with E-state index in [4.69, 9.17) is 17.5 Å². The van der Waals surface area contributed by atoms with E-state index in [1.54, 1.807) is 0 Å². The molecule has 0 bridgehead atoms. The van der Waals surface area contributed by atoms with E-state index in [2.05, 4.69) is 0 Å². The molecule has 0 aromatic carbocycles. The first-order valence-electron chi connectivity index (χ1n) is 0.667. The zero-order valence-electron chi connectivity index (χ0n) is 3.77. The maximum atomic E-state index is 8.52. The smallest absolute Gasteiger partial charge is 1.00 e. The first-order chi connectivity index (χ1) is 2.00. The molecule has 0 fully saturated rings. The van der Waals surface area contributed by atoms with Gasteiger partial charge in [0.1, 0.15) is 0 Å². The molecular weight excluding hydrogens is 201 g/mol. The largest absolute Gasteiger partial charge is 2.00 e. The molecule has 0 heterocycles. The van der Waals surface area contributed by atoms with Crippen molar-refractivity contribution in [1.29, 1.82) is 0 Å². The Morgan fingerprint density at radius 3 is 1.12 bits per heavy atom. The molecule has 0 aliphatic carbocycles. The van der Waals surface area contributed by atoms with E-state index in [0.29, 0.717) is 0 Å². The third kappa shape index (κ3) is 516. The second kappa shape index (κ2) is 7.64. The van der Waals surface area contributed by atoms with Crippen LogP contribution in [0.15, 0.2) is 0 Å². The van der Waals surface area contributed by atoms with E-state index >= 15 is 0 Å². The summed E-state index contributed by atoms with van der Waals surface area (Å²) in [6.07, 6.45) is 0. The molecule has 0 aliphatic heterocycles. The molecule has 54 valence electrons. The number of rotatable bonds is 0. The van der Waals surface area contributed by atoms with Crippen LogP contribution in [0, 0.1) is 0 Å². The van der Waals surface area contributed by atoms with E-state index in [9.17, 15) is 0 Å². The molecule has 4 N–H and O–H groups in total. The Labute approximate surface area is 63.9 Å². The van der Waals surface area contributed by atoms with Gasteiger partial charge >= 0.3 is 17.1 Å². The van der Waals surface area contributed by atoms with Crippen LogP contribution < -0.4 is 18.6 Å². The third-order valence-corrected chi connectivity index (χ3v) is 0. The molecule has 0 aromatic heterocycles. The quantitative estimate of drug-likeness (QED) is 0.247. The van der Waals surface area contributed by atoms with Crippen LogP contribution in [-0.2, 0) is 27.5 Å². The van der Waals surface area contributed by atoms with Gasteiger partial charge in [-0.2, -0.15) is 0 Å². The van der Waals surface area contributed by atoms with E-state index in [0.717, 1.165) is 0 Å². The maximum Gasteiger partial charge on any atom is 2.00 e. The van der Waals surface area contributed by atoms with Gasteiger partial charge in [-0.1, -0.05) is 0 Å². The van der Waals surface area contributed by atoms with Crippen LogP contribution in [0.25, 0.3) is 0 Å². The summed E-state index contributed by atoms with van der Waals surface area (Å²) in [7, 11) is -5.17. The summed E-state index contributed by atoms with van der Waals surface area (Å²) in [4.78, 5) is 0. The molecule has 0 aliphatic rings. The predicted molar refractivity (Wildman–Crippen MR) is 16.5 cm³/mol. The fourth-order valence-electron chi connectivity index (χ4n) is 0. The minimum Gasteiger partial charge on any atom is -1.00 e. The summed E-state index contributed by atoms with van der Waals surface area (Å²) >= 11 is 0. The molecule has 8 heteroatoms. The summed E-state index contributed by atoms with van der Waals surface area (Å²) in [5.41, 5.74) is 0. The van der Waals surface area contributed by atoms with E-state index in [1.165, 1.54) is 0 Å². The number of halogens is 1. The zero-order chi connectivity index (χ0) is 4.50. The SMILES string of the molecule is O=S(=O)([O-])[O-].[Cl-].[Fe+2].[NH4+]. The summed E-state index contributed by atoms with van der Waals surface area (Å²) in [5.74, 6) is 0. The summed E-state index contributed by atoms with van der Waals surface area (Å²) in [5, 5.41) is 0. The van der Waals surface area contributed by atoms with E-state index in [-0.39, 0.29) is 35.6 Å². The molecule has 0 unspecified atom stereocenters. The molecule has 0 amide bonds. The van der Waals surface area contributed by atoms with Gasteiger partial charge in [0.15, 0.2) is 0 Å². The Bertz CT molecular complexity index is 99.2. The van der Waals surface area contributed by atoms with Gasteiger partial charge in [-0.05, 0) is 0 Å². The molecule has 0 saturated heterocycles. The topological polar surface area (TPSA) is 117 Å². The second-order valence-corrected chi connectivity index (χ2v) is 1.22. The van der Waals surface area contributed by atoms with Gasteiger partial charge < -0.3 is 27.7 Å². The van der Waals surface area contributed by atoms with Gasteiger partial charge in [-0.25, -0.2) is 0 Å². The summed E-state index contributed by atoms with van der Waals surface area (Å²) in [6, 6.07) is 0. The number of hydrogen-bond donors (Lipinski definition) is 1. The van der Waals surface area contributed by atoms with Crippen molar-refractivity contribution in [2.45, 2.75) is 0 Å². The second-order valence-electron chi connectivity index (χ2n) is 0.408. The van der Waals surface area contributed by atoms with Crippen molar-refractivity contribution in [2.75, 3.05) is 0 Å². The third-order valence-electron chi connectivity index (χ3n) is 0. The summed E-state index contributed by atoms with van der Waals surface area (Å²) in [6.45, 7) is 0. The maximum absolute atomic E-state index is 8.52.